The van der Waals surface area contributed by atoms with Crippen molar-refractivity contribution < 1.29 is 17.7 Å². The zero-order chi connectivity index (χ0) is 15.5. The van der Waals surface area contributed by atoms with Gasteiger partial charge in [-0.3, -0.25) is 10.1 Å². The maximum absolute atomic E-state index is 13.4. The Hall–Kier alpha value is -2.46. The lowest BCUT2D eigenvalue weighted by Gasteiger charge is -2.07. The normalized spacial score (nSPS) is 11.3. The van der Waals surface area contributed by atoms with Gasteiger partial charge in [0.05, 0.1) is 17.2 Å². The topological polar surface area (TPSA) is 115 Å². The van der Waals surface area contributed by atoms with E-state index >= 15 is 0 Å². The van der Waals surface area contributed by atoms with Gasteiger partial charge in [-0.25, -0.2) is 13.1 Å². The number of nitro groups is 1. The SMILES string of the molecule is O=[N+]([O-])c1c(F)cccc1S(=O)(=O)NCc1cccnn1. The van der Waals surface area contributed by atoms with E-state index in [0.717, 1.165) is 18.2 Å². The van der Waals surface area contributed by atoms with E-state index in [1.165, 1.54) is 12.3 Å². The van der Waals surface area contributed by atoms with Crippen molar-refractivity contribution in [3.8, 4) is 0 Å². The molecule has 0 amide bonds. The van der Waals surface area contributed by atoms with Crippen molar-refractivity contribution in [1.82, 2.24) is 14.9 Å². The minimum absolute atomic E-state index is 0.218. The maximum atomic E-state index is 13.4. The predicted molar refractivity (Wildman–Crippen MR) is 69.1 cm³/mol. The molecule has 1 aromatic heterocycles. The molecule has 0 aliphatic heterocycles. The summed E-state index contributed by atoms with van der Waals surface area (Å²) in [7, 11) is -4.26. The molecule has 0 atom stereocenters. The Morgan fingerprint density at radius 2 is 2.05 bits per heavy atom. The zero-order valence-electron chi connectivity index (χ0n) is 10.4. The third kappa shape index (κ3) is 3.35. The molecule has 1 aromatic carbocycles. The van der Waals surface area contributed by atoms with Crippen LogP contribution in [-0.4, -0.2) is 23.5 Å². The van der Waals surface area contributed by atoms with E-state index in [4.69, 9.17) is 0 Å². The molecule has 2 aromatic rings. The van der Waals surface area contributed by atoms with Crippen molar-refractivity contribution in [3.05, 3.63) is 58.2 Å². The Morgan fingerprint density at radius 3 is 2.67 bits per heavy atom. The van der Waals surface area contributed by atoms with Crippen LogP contribution < -0.4 is 4.72 Å². The van der Waals surface area contributed by atoms with Crippen molar-refractivity contribution in [1.29, 1.82) is 0 Å². The van der Waals surface area contributed by atoms with Gasteiger partial charge in [-0.05, 0) is 24.3 Å². The van der Waals surface area contributed by atoms with Crippen molar-refractivity contribution in [2.45, 2.75) is 11.4 Å². The number of nitrogens with zero attached hydrogens (tertiary/aromatic N) is 3. The summed E-state index contributed by atoms with van der Waals surface area (Å²) in [6.45, 7) is -0.218. The quantitative estimate of drug-likeness (QED) is 0.650. The summed E-state index contributed by atoms with van der Waals surface area (Å²) >= 11 is 0. The fourth-order valence-electron chi connectivity index (χ4n) is 1.56. The number of para-hydroxylation sites is 1. The minimum atomic E-state index is -4.26. The number of hydrogen-bond acceptors (Lipinski definition) is 6. The van der Waals surface area contributed by atoms with Gasteiger partial charge in [0.1, 0.15) is 0 Å². The highest BCUT2D eigenvalue weighted by atomic mass is 32.2. The lowest BCUT2D eigenvalue weighted by molar-refractivity contribution is -0.390. The Balaban J connectivity index is 2.32. The van der Waals surface area contributed by atoms with Crippen LogP contribution >= 0.6 is 0 Å². The standard InChI is InChI=1S/C11H9FN4O4S/c12-9-4-1-5-10(11(9)16(17)18)21(19,20)14-7-8-3-2-6-13-15-8/h1-6,14H,7H2. The number of hydrogen-bond donors (Lipinski definition) is 1. The fourth-order valence-corrected chi connectivity index (χ4v) is 2.74. The van der Waals surface area contributed by atoms with E-state index in [2.05, 4.69) is 14.9 Å². The average Bonchev–Trinajstić information content (AvgIpc) is 2.46. The van der Waals surface area contributed by atoms with E-state index in [0.29, 0.717) is 5.69 Å². The molecular weight excluding hydrogens is 303 g/mol. The summed E-state index contributed by atoms with van der Waals surface area (Å²) < 4.78 is 39.7. The van der Waals surface area contributed by atoms with Crippen molar-refractivity contribution in [3.63, 3.8) is 0 Å². The first kappa shape index (κ1) is 14.9. The Kier molecular flexibility index (Phi) is 4.19. The number of sulfonamides is 1. The summed E-state index contributed by atoms with van der Waals surface area (Å²) in [5, 5.41) is 18.0. The van der Waals surface area contributed by atoms with Gasteiger partial charge in [-0.2, -0.15) is 14.6 Å². The Bertz CT molecular complexity index is 767. The first-order valence-electron chi connectivity index (χ1n) is 5.61. The zero-order valence-corrected chi connectivity index (χ0v) is 11.2. The van der Waals surface area contributed by atoms with Crippen LogP contribution in [0.5, 0.6) is 0 Å². The molecule has 0 unspecified atom stereocenters. The second-order valence-corrected chi connectivity index (χ2v) is 5.62. The summed E-state index contributed by atoms with van der Waals surface area (Å²) in [4.78, 5) is 9.00. The third-order valence-corrected chi connectivity index (χ3v) is 3.93. The lowest BCUT2D eigenvalue weighted by atomic mass is 10.3. The van der Waals surface area contributed by atoms with Gasteiger partial charge in [-0.15, -0.1) is 0 Å². The summed E-state index contributed by atoms with van der Waals surface area (Å²) in [5.41, 5.74) is -0.774. The molecule has 0 saturated carbocycles. The predicted octanol–water partition coefficient (Wildman–Crippen LogP) is 1.00. The molecule has 10 heteroatoms. The van der Waals surface area contributed by atoms with Crippen LogP contribution in [0.25, 0.3) is 0 Å². The van der Waals surface area contributed by atoms with Crippen LogP contribution in [0.4, 0.5) is 10.1 Å². The smallest absolute Gasteiger partial charge is 0.258 e. The molecular formula is C11H9FN4O4S. The molecule has 0 aliphatic carbocycles. The summed E-state index contributed by atoms with van der Waals surface area (Å²) in [5.74, 6) is -1.22. The van der Waals surface area contributed by atoms with E-state index in [1.54, 1.807) is 6.07 Å². The molecule has 1 N–H and O–H groups in total. The van der Waals surface area contributed by atoms with E-state index in [9.17, 15) is 22.9 Å². The van der Waals surface area contributed by atoms with Crippen LogP contribution in [0.2, 0.25) is 0 Å². The Morgan fingerprint density at radius 1 is 1.29 bits per heavy atom. The minimum Gasteiger partial charge on any atom is -0.258 e. The second-order valence-electron chi connectivity index (χ2n) is 3.88. The molecule has 0 bridgehead atoms. The van der Waals surface area contributed by atoms with Crippen LogP contribution in [0, 0.1) is 15.9 Å². The van der Waals surface area contributed by atoms with Gasteiger partial charge < -0.3 is 0 Å². The van der Waals surface area contributed by atoms with Crippen molar-refractivity contribution in [2.75, 3.05) is 0 Å². The van der Waals surface area contributed by atoms with E-state index in [1.807, 2.05) is 0 Å². The number of aromatic nitrogens is 2. The number of benzene rings is 1. The van der Waals surface area contributed by atoms with Gasteiger partial charge in [0.2, 0.25) is 15.8 Å². The molecule has 1 heterocycles. The van der Waals surface area contributed by atoms with Crippen LogP contribution in [0.3, 0.4) is 0 Å². The van der Waals surface area contributed by atoms with E-state index in [-0.39, 0.29) is 6.54 Å². The molecule has 110 valence electrons. The van der Waals surface area contributed by atoms with Crippen LogP contribution in [0.1, 0.15) is 5.69 Å². The molecule has 21 heavy (non-hydrogen) atoms. The van der Waals surface area contributed by atoms with E-state index < -0.39 is 31.3 Å². The molecule has 0 spiro atoms. The summed E-state index contributed by atoms with van der Waals surface area (Å²) in [6, 6.07) is 5.94. The number of nitro benzene ring substituents is 1. The molecule has 0 fully saturated rings. The van der Waals surface area contributed by atoms with Crippen molar-refractivity contribution >= 4 is 15.7 Å². The maximum Gasteiger partial charge on any atom is 0.324 e. The van der Waals surface area contributed by atoms with Gasteiger partial charge in [0.25, 0.3) is 0 Å². The first-order chi connectivity index (χ1) is 9.92. The van der Waals surface area contributed by atoms with Gasteiger partial charge >= 0.3 is 5.69 Å². The van der Waals surface area contributed by atoms with Crippen molar-refractivity contribution in [2.24, 2.45) is 0 Å². The average molecular weight is 312 g/mol. The van der Waals surface area contributed by atoms with Gasteiger partial charge in [0.15, 0.2) is 4.90 Å². The Labute approximate surface area is 118 Å². The van der Waals surface area contributed by atoms with Crippen LogP contribution in [0.15, 0.2) is 41.4 Å². The highest BCUT2D eigenvalue weighted by Gasteiger charge is 2.29. The van der Waals surface area contributed by atoms with Gasteiger partial charge in [0, 0.05) is 6.20 Å². The lowest BCUT2D eigenvalue weighted by Crippen LogP contribution is -2.25. The number of nitrogens with one attached hydrogen (secondary N) is 1. The summed E-state index contributed by atoms with van der Waals surface area (Å²) in [6.07, 6.45) is 1.41. The highest BCUT2D eigenvalue weighted by molar-refractivity contribution is 7.89. The van der Waals surface area contributed by atoms with Gasteiger partial charge in [-0.1, -0.05) is 6.07 Å². The number of halogens is 1. The molecule has 0 saturated heterocycles. The second kappa shape index (κ2) is 5.89. The molecule has 8 nitrogen and oxygen atoms in total. The number of rotatable bonds is 5. The largest absolute Gasteiger partial charge is 0.324 e. The van der Waals surface area contributed by atoms with Crippen LogP contribution in [-0.2, 0) is 16.6 Å². The first-order valence-corrected chi connectivity index (χ1v) is 7.09. The fraction of sp³-hybridized carbons (Fsp3) is 0.0909. The molecule has 2 rings (SSSR count). The highest BCUT2D eigenvalue weighted by Crippen LogP contribution is 2.26. The molecule has 0 aliphatic rings. The monoisotopic (exact) mass is 312 g/mol. The molecule has 0 radical (unpaired) electrons. The third-order valence-electron chi connectivity index (χ3n) is 2.49.